The number of halogens is 1. The van der Waals surface area contributed by atoms with Gasteiger partial charge in [-0.1, -0.05) is 53.7 Å². The Morgan fingerprint density at radius 1 is 0.969 bits per heavy atom. The number of pyridine rings is 1. The molecule has 0 saturated heterocycles. The van der Waals surface area contributed by atoms with Crippen LogP contribution in [0.4, 0.5) is 0 Å². The van der Waals surface area contributed by atoms with Crippen LogP contribution in [0.2, 0.25) is 5.02 Å². The van der Waals surface area contributed by atoms with Crippen LogP contribution in [0.1, 0.15) is 18.4 Å². The number of benzene rings is 2. The second-order valence-corrected chi connectivity index (χ2v) is 8.51. The zero-order chi connectivity index (χ0) is 22.2. The van der Waals surface area contributed by atoms with Crippen molar-refractivity contribution in [2.45, 2.75) is 24.5 Å². The van der Waals surface area contributed by atoms with Crippen LogP contribution in [0.3, 0.4) is 0 Å². The van der Waals surface area contributed by atoms with Crippen LogP contribution in [0.15, 0.2) is 84.3 Å². The van der Waals surface area contributed by atoms with Gasteiger partial charge in [0.15, 0.2) is 11.0 Å². The first-order valence-electron chi connectivity index (χ1n) is 10.3. The van der Waals surface area contributed by atoms with Crippen LogP contribution >= 0.6 is 23.4 Å². The number of hydrogen-bond acceptors (Lipinski definition) is 5. The molecule has 32 heavy (non-hydrogen) atoms. The summed E-state index contributed by atoms with van der Waals surface area (Å²) in [4.78, 5) is 16.1. The molecule has 0 spiro atoms. The van der Waals surface area contributed by atoms with Crippen LogP contribution in [0, 0.1) is 0 Å². The summed E-state index contributed by atoms with van der Waals surface area (Å²) in [5, 5.41) is 13.2. The third kappa shape index (κ3) is 5.55. The number of carbonyl (C=O) groups is 1. The van der Waals surface area contributed by atoms with Crippen molar-refractivity contribution in [3.8, 4) is 17.1 Å². The predicted octanol–water partition coefficient (Wildman–Crippen LogP) is 5.17. The third-order valence-corrected chi connectivity index (χ3v) is 6.13. The van der Waals surface area contributed by atoms with E-state index in [4.69, 9.17) is 11.6 Å². The first-order chi connectivity index (χ1) is 15.7. The monoisotopic (exact) mass is 463 g/mol. The fourth-order valence-electron chi connectivity index (χ4n) is 3.18. The van der Waals surface area contributed by atoms with Gasteiger partial charge in [0.05, 0.1) is 5.02 Å². The predicted molar refractivity (Wildman–Crippen MR) is 128 cm³/mol. The summed E-state index contributed by atoms with van der Waals surface area (Å²) in [7, 11) is 0. The van der Waals surface area contributed by atoms with Gasteiger partial charge in [-0.3, -0.25) is 14.3 Å². The molecular formula is C24H22ClN5OS. The smallest absolute Gasteiger partial charge is 0.220 e. The summed E-state index contributed by atoms with van der Waals surface area (Å²) in [6.45, 7) is 0.512. The van der Waals surface area contributed by atoms with E-state index in [9.17, 15) is 4.79 Å². The van der Waals surface area contributed by atoms with Crippen LogP contribution < -0.4 is 5.32 Å². The van der Waals surface area contributed by atoms with E-state index in [2.05, 4.69) is 20.5 Å². The molecule has 1 amide bonds. The first kappa shape index (κ1) is 22.0. The molecule has 162 valence electrons. The SMILES string of the molecule is O=C(CCCSc1nnc(-c2ccccc2Cl)n1-c1ccccc1)NCc1ccncc1. The second kappa shape index (κ2) is 10.9. The van der Waals surface area contributed by atoms with Crippen molar-refractivity contribution in [1.29, 1.82) is 0 Å². The largest absolute Gasteiger partial charge is 0.352 e. The number of para-hydroxylation sites is 1. The lowest BCUT2D eigenvalue weighted by Crippen LogP contribution is -2.22. The summed E-state index contributed by atoms with van der Waals surface area (Å²) in [5.41, 5.74) is 2.82. The molecule has 0 radical (unpaired) electrons. The van der Waals surface area contributed by atoms with Gasteiger partial charge in [0.25, 0.3) is 0 Å². The Morgan fingerprint density at radius 3 is 2.50 bits per heavy atom. The van der Waals surface area contributed by atoms with Crippen molar-refractivity contribution < 1.29 is 4.79 Å². The Labute approximate surface area is 196 Å². The molecule has 2 aromatic heterocycles. The minimum atomic E-state index is 0.0312. The Hall–Kier alpha value is -3.16. The van der Waals surface area contributed by atoms with Gasteiger partial charge in [0.2, 0.25) is 5.91 Å². The maximum absolute atomic E-state index is 12.2. The van der Waals surface area contributed by atoms with E-state index in [0.29, 0.717) is 23.8 Å². The summed E-state index contributed by atoms with van der Waals surface area (Å²) >= 11 is 8.00. The lowest BCUT2D eigenvalue weighted by Gasteiger charge is -2.11. The highest BCUT2D eigenvalue weighted by atomic mass is 35.5. The fraction of sp³-hybridized carbons (Fsp3) is 0.167. The van der Waals surface area contributed by atoms with E-state index in [1.54, 1.807) is 24.2 Å². The molecule has 2 aromatic carbocycles. The Kier molecular flexibility index (Phi) is 7.53. The minimum absolute atomic E-state index is 0.0312. The van der Waals surface area contributed by atoms with E-state index in [1.165, 1.54) is 0 Å². The lowest BCUT2D eigenvalue weighted by atomic mass is 10.2. The quantitative estimate of drug-likeness (QED) is 0.274. The van der Waals surface area contributed by atoms with Crippen molar-refractivity contribution in [3.63, 3.8) is 0 Å². The second-order valence-electron chi connectivity index (χ2n) is 7.04. The normalized spacial score (nSPS) is 10.8. The molecule has 2 heterocycles. The number of nitrogens with zero attached hydrogens (tertiary/aromatic N) is 4. The lowest BCUT2D eigenvalue weighted by molar-refractivity contribution is -0.121. The molecular weight excluding hydrogens is 442 g/mol. The molecule has 0 fully saturated rings. The number of hydrogen-bond donors (Lipinski definition) is 1. The molecule has 6 nitrogen and oxygen atoms in total. The maximum atomic E-state index is 12.2. The van der Waals surface area contributed by atoms with Crippen molar-refractivity contribution in [2.75, 3.05) is 5.75 Å². The summed E-state index contributed by atoms with van der Waals surface area (Å²) in [5.74, 6) is 1.47. The van der Waals surface area contributed by atoms with Crippen LogP contribution in [0.25, 0.3) is 17.1 Å². The molecule has 1 N–H and O–H groups in total. The average molecular weight is 464 g/mol. The van der Waals surface area contributed by atoms with E-state index >= 15 is 0 Å². The molecule has 0 unspecified atom stereocenters. The van der Waals surface area contributed by atoms with Crippen molar-refractivity contribution in [2.24, 2.45) is 0 Å². The Balaban J connectivity index is 1.40. The number of nitrogens with one attached hydrogen (secondary N) is 1. The van der Waals surface area contributed by atoms with Crippen LogP contribution in [-0.4, -0.2) is 31.4 Å². The average Bonchev–Trinajstić information content (AvgIpc) is 3.25. The van der Waals surface area contributed by atoms with Gasteiger partial charge in [-0.15, -0.1) is 10.2 Å². The number of rotatable bonds is 9. The molecule has 0 bridgehead atoms. The van der Waals surface area contributed by atoms with Crippen molar-refractivity contribution >= 4 is 29.3 Å². The highest BCUT2D eigenvalue weighted by Gasteiger charge is 2.17. The zero-order valence-electron chi connectivity index (χ0n) is 17.3. The number of aromatic nitrogens is 4. The molecule has 0 saturated carbocycles. The molecule has 0 atom stereocenters. The number of carbonyl (C=O) groups excluding carboxylic acids is 1. The van der Waals surface area contributed by atoms with Gasteiger partial charge < -0.3 is 5.32 Å². The zero-order valence-corrected chi connectivity index (χ0v) is 18.9. The summed E-state index contributed by atoms with van der Waals surface area (Å²) < 4.78 is 2.01. The van der Waals surface area contributed by atoms with Gasteiger partial charge in [-0.2, -0.15) is 0 Å². The van der Waals surface area contributed by atoms with E-state index in [0.717, 1.165) is 34.1 Å². The summed E-state index contributed by atoms with van der Waals surface area (Å²) in [6.07, 6.45) is 4.63. The van der Waals surface area contributed by atoms with Gasteiger partial charge in [0, 0.05) is 42.4 Å². The number of thioether (sulfide) groups is 1. The van der Waals surface area contributed by atoms with Crippen LogP contribution in [0.5, 0.6) is 0 Å². The summed E-state index contributed by atoms with van der Waals surface area (Å²) in [6, 6.07) is 21.4. The van der Waals surface area contributed by atoms with E-state index < -0.39 is 0 Å². The fourth-order valence-corrected chi connectivity index (χ4v) is 4.29. The topological polar surface area (TPSA) is 72.7 Å². The minimum Gasteiger partial charge on any atom is -0.352 e. The van der Waals surface area contributed by atoms with E-state index in [-0.39, 0.29) is 5.91 Å². The highest BCUT2D eigenvalue weighted by Crippen LogP contribution is 2.32. The number of amides is 1. The van der Waals surface area contributed by atoms with Gasteiger partial charge in [-0.05, 0) is 48.4 Å². The van der Waals surface area contributed by atoms with Crippen LogP contribution in [-0.2, 0) is 11.3 Å². The van der Waals surface area contributed by atoms with Gasteiger partial charge in [-0.25, -0.2) is 0 Å². The highest BCUT2D eigenvalue weighted by molar-refractivity contribution is 7.99. The third-order valence-electron chi connectivity index (χ3n) is 4.78. The van der Waals surface area contributed by atoms with Crippen molar-refractivity contribution in [3.05, 3.63) is 89.7 Å². The maximum Gasteiger partial charge on any atom is 0.220 e. The van der Waals surface area contributed by atoms with Crippen molar-refractivity contribution in [1.82, 2.24) is 25.1 Å². The molecule has 4 aromatic rings. The Morgan fingerprint density at radius 2 is 1.72 bits per heavy atom. The molecule has 8 heteroatoms. The standard InChI is InChI=1S/C24H22ClN5OS/c25-21-10-5-4-9-20(21)23-28-29-24(30(23)19-7-2-1-3-8-19)32-16-6-11-22(31)27-17-18-12-14-26-15-13-18/h1-5,7-10,12-15H,6,11,16-17H2,(H,27,31). The van der Waals surface area contributed by atoms with Gasteiger partial charge in [0.1, 0.15) is 0 Å². The molecule has 0 aliphatic carbocycles. The molecule has 0 aliphatic heterocycles. The molecule has 4 rings (SSSR count). The van der Waals surface area contributed by atoms with Gasteiger partial charge >= 0.3 is 0 Å². The first-order valence-corrected chi connectivity index (χ1v) is 11.6. The Bertz CT molecular complexity index is 1170. The molecule has 0 aliphatic rings. The van der Waals surface area contributed by atoms with E-state index in [1.807, 2.05) is 71.3 Å².